The highest BCUT2D eigenvalue weighted by molar-refractivity contribution is 5.73. The van der Waals surface area contributed by atoms with E-state index in [9.17, 15) is 19.2 Å². The number of unbranched alkanes of at least 4 members (excludes halogenated alkanes) is 11. The van der Waals surface area contributed by atoms with E-state index in [1.165, 1.54) is 85.5 Å². The van der Waals surface area contributed by atoms with Crippen molar-refractivity contribution in [1.82, 2.24) is 5.32 Å². The number of nitrogens with one attached hydrogen (secondary N) is 1. The number of ether oxygens (including phenoxy) is 3. The molecular formula is C26H47NO7. The molecule has 3 atom stereocenters. The average Bonchev–Trinajstić information content (AvgIpc) is 2.74. The molecule has 0 aromatic carbocycles. The molecule has 198 valence electrons. The van der Waals surface area contributed by atoms with Crippen molar-refractivity contribution in [3.8, 4) is 0 Å². The van der Waals surface area contributed by atoms with Crippen LogP contribution in [0, 0.1) is 0 Å². The van der Waals surface area contributed by atoms with Crippen LogP contribution < -0.4 is 5.32 Å². The first kappa shape index (κ1) is 31.9. The third kappa shape index (κ3) is 18.3. The van der Waals surface area contributed by atoms with Crippen molar-refractivity contribution in [3.63, 3.8) is 0 Å². The highest BCUT2D eigenvalue weighted by Gasteiger charge is 2.35. The molecule has 0 saturated heterocycles. The molecule has 8 heteroatoms. The van der Waals surface area contributed by atoms with Crippen molar-refractivity contribution >= 4 is 23.8 Å². The van der Waals surface area contributed by atoms with E-state index in [4.69, 9.17) is 14.2 Å². The molecule has 0 aliphatic heterocycles. The smallest absolute Gasteiger partial charge is 0.303 e. The van der Waals surface area contributed by atoms with Crippen LogP contribution in [-0.2, 0) is 33.4 Å². The lowest BCUT2D eigenvalue weighted by atomic mass is 9.98. The van der Waals surface area contributed by atoms with Gasteiger partial charge in [0.15, 0.2) is 6.10 Å². The summed E-state index contributed by atoms with van der Waals surface area (Å²) in [6.45, 7) is 7.15. The van der Waals surface area contributed by atoms with Gasteiger partial charge < -0.3 is 19.5 Å². The molecule has 1 amide bonds. The standard InChI is InChI=1S/C26H47NO7/c1-6-7-8-9-10-11-12-13-14-15-16-17-18-25(33-22(4)30)26(34-23(5)31)24(27-20(2)28)19-32-21(3)29/h24-26H,6-19H2,1-5H3,(H,27,28)/t24-,25+,26+/m0/s1. The van der Waals surface area contributed by atoms with Gasteiger partial charge in [0, 0.05) is 27.7 Å². The molecule has 0 heterocycles. The second-order valence-corrected chi connectivity index (χ2v) is 9.01. The predicted molar refractivity (Wildman–Crippen MR) is 131 cm³/mol. The molecule has 0 aliphatic carbocycles. The molecule has 1 N–H and O–H groups in total. The molecule has 0 rings (SSSR count). The van der Waals surface area contributed by atoms with Crippen LogP contribution >= 0.6 is 0 Å². The van der Waals surface area contributed by atoms with Gasteiger partial charge in [-0.2, -0.15) is 0 Å². The Balaban J connectivity index is 4.72. The number of hydrogen-bond acceptors (Lipinski definition) is 7. The Hall–Kier alpha value is -2.12. The Kier molecular flexibility index (Phi) is 19.0. The topological polar surface area (TPSA) is 108 Å². The van der Waals surface area contributed by atoms with Gasteiger partial charge >= 0.3 is 17.9 Å². The van der Waals surface area contributed by atoms with Crippen molar-refractivity contribution in [2.24, 2.45) is 0 Å². The van der Waals surface area contributed by atoms with Crippen LogP contribution in [0.4, 0.5) is 0 Å². The maximum Gasteiger partial charge on any atom is 0.303 e. The van der Waals surface area contributed by atoms with E-state index in [1.54, 1.807) is 0 Å². The minimum atomic E-state index is -0.961. The first-order valence-electron chi connectivity index (χ1n) is 12.9. The number of carbonyl (C=O) groups is 4. The normalized spacial score (nSPS) is 13.4. The fraction of sp³-hybridized carbons (Fsp3) is 0.846. The number of hydrogen-bond donors (Lipinski definition) is 1. The van der Waals surface area contributed by atoms with Gasteiger partial charge in [-0.25, -0.2) is 0 Å². The fourth-order valence-electron chi connectivity index (χ4n) is 3.99. The van der Waals surface area contributed by atoms with Crippen LogP contribution in [-0.4, -0.2) is 48.7 Å². The Labute approximate surface area is 205 Å². The summed E-state index contributed by atoms with van der Waals surface area (Å²) in [5.41, 5.74) is 0. The van der Waals surface area contributed by atoms with Gasteiger partial charge in [-0.15, -0.1) is 0 Å². The van der Waals surface area contributed by atoms with Crippen molar-refractivity contribution in [2.45, 2.75) is 136 Å². The number of carbonyl (C=O) groups excluding carboxylic acids is 4. The van der Waals surface area contributed by atoms with E-state index >= 15 is 0 Å². The van der Waals surface area contributed by atoms with Gasteiger partial charge in [0.1, 0.15) is 18.8 Å². The van der Waals surface area contributed by atoms with Crippen molar-refractivity contribution < 1.29 is 33.4 Å². The van der Waals surface area contributed by atoms with Crippen LogP contribution in [0.15, 0.2) is 0 Å². The quantitative estimate of drug-likeness (QED) is 0.147. The monoisotopic (exact) mass is 485 g/mol. The minimum Gasteiger partial charge on any atom is -0.464 e. The summed E-state index contributed by atoms with van der Waals surface area (Å²) in [6, 6.07) is -0.827. The summed E-state index contributed by atoms with van der Waals surface area (Å²) in [5, 5.41) is 2.66. The summed E-state index contributed by atoms with van der Waals surface area (Å²) in [5.74, 6) is -1.98. The molecule has 0 unspecified atom stereocenters. The molecule has 34 heavy (non-hydrogen) atoms. The highest BCUT2D eigenvalue weighted by Crippen LogP contribution is 2.19. The van der Waals surface area contributed by atoms with Crippen molar-refractivity contribution in [2.75, 3.05) is 6.61 Å². The molecule has 0 fully saturated rings. The second-order valence-electron chi connectivity index (χ2n) is 9.01. The lowest BCUT2D eigenvalue weighted by Crippen LogP contribution is -2.53. The third-order valence-electron chi connectivity index (χ3n) is 5.58. The highest BCUT2D eigenvalue weighted by atomic mass is 16.6. The Morgan fingerprint density at radius 2 is 1.12 bits per heavy atom. The number of amides is 1. The van der Waals surface area contributed by atoms with Gasteiger partial charge in [-0.05, 0) is 12.8 Å². The molecule has 8 nitrogen and oxygen atoms in total. The van der Waals surface area contributed by atoms with Crippen LogP contribution in [0.1, 0.15) is 118 Å². The first-order chi connectivity index (χ1) is 16.2. The average molecular weight is 486 g/mol. The van der Waals surface area contributed by atoms with Crippen LogP contribution in [0.2, 0.25) is 0 Å². The Morgan fingerprint density at radius 1 is 0.647 bits per heavy atom. The minimum absolute atomic E-state index is 0.191. The van der Waals surface area contributed by atoms with E-state index in [0.29, 0.717) is 6.42 Å². The molecule has 0 bridgehead atoms. The largest absolute Gasteiger partial charge is 0.464 e. The van der Waals surface area contributed by atoms with Gasteiger partial charge in [-0.1, -0.05) is 77.6 Å². The van der Waals surface area contributed by atoms with Gasteiger partial charge in [0.2, 0.25) is 5.91 Å². The van der Waals surface area contributed by atoms with E-state index in [2.05, 4.69) is 12.2 Å². The lowest BCUT2D eigenvalue weighted by molar-refractivity contribution is -0.171. The zero-order valence-corrected chi connectivity index (χ0v) is 22.0. The SMILES string of the molecule is CCCCCCCCCCCCCC[C@@H](OC(C)=O)[C@H](OC(C)=O)[C@H](COC(C)=O)NC(C)=O. The van der Waals surface area contributed by atoms with Gasteiger partial charge in [-0.3, -0.25) is 19.2 Å². The fourth-order valence-corrected chi connectivity index (χ4v) is 3.99. The van der Waals surface area contributed by atoms with Crippen LogP contribution in [0.5, 0.6) is 0 Å². The van der Waals surface area contributed by atoms with Crippen LogP contribution in [0.25, 0.3) is 0 Å². The van der Waals surface area contributed by atoms with E-state index in [0.717, 1.165) is 19.3 Å². The van der Waals surface area contributed by atoms with Gasteiger partial charge in [0.05, 0.1) is 0 Å². The predicted octanol–water partition coefficient (Wildman–Crippen LogP) is 5.01. The Morgan fingerprint density at radius 3 is 1.53 bits per heavy atom. The molecular weight excluding hydrogens is 438 g/mol. The summed E-state index contributed by atoms with van der Waals surface area (Å²) in [7, 11) is 0. The summed E-state index contributed by atoms with van der Waals surface area (Å²) < 4.78 is 16.0. The zero-order valence-electron chi connectivity index (χ0n) is 22.0. The molecule has 0 spiro atoms. The number of esters is 3. The first-order valence-corrected chi connectivity index (χ1v) is 12.9. The molecule has 0 aromatic heterocycles. The molecule has 0 saturated carbocycles. The Bertz CT molecular complexity index is 594. The summed E-state index contributed by atoms with van der Waals surface area (Å²) in [6.07, 6.45) is 13.2. The van der Waals surface area contributed by atoms with Gasteiger partial charge in [0.25, 0.3) is 0 Å². The second kappa shape index (κ2) is 20.3. The summed E-state index contributed by atoms with van der Waals surface area (Å²) >= 11 is 0. The molecule has 0 aliphatic rings. The van der Waals surface area contributed by atoms with E-state index in [1.807, 2.05) is 0 Å². The molecule has 0 aromatic rings. The maximum atomic E-state index is 11.8. The number of rotatable bonds is 20. The maximum absolute atomic E-state index is 11.8. The third-order valence-corrected chi connectivity index (χ3v) is 5.58. The van der Waals surface area contributed by atoms with E-state index < -0.39 is 36.2 Å². The van der Waals surface area contributed by atoms with E-state index in [-0.39, 0.29) is 12.5 Å². The van der Waals surface area contributed by atoms with Crippen molar-refractivity contribution in [1.29, 1.82) is 0 Å². The summed E-state index contributed by atoms with van der Waals surface area (Å²) in [4.78, 5) is 46.5. The van der Waals surface area contributed by atoms with Crippen LogP contribution in [0.3, 0.4) is 0 Å². The zero-order chi connectivity index (χ0) is 25.8. The molecule has 0 radical (unpaired) electrons. The van der Waals surface area contributed by atoms with Crippen molar-refractivity contribution in [3.05, 3.63) is 0 Å². The lowest BCUT2D eigenvalue weighted by Gasteiger charge is -2.32.